The van der Waals surface area contributed by atoms with Crippen LogP contribution in [0.4, 0.5) is 5.69 Å². The molecule has 1 aromatic carbocycles. The van der Waals surface area contributed by atoms with E-state index in [4.69, 9.17) is 4.74 Å². The predicted octanol–water partition coefficient (Wildman–Crippen LogP) is 2.09. The van der Waals surface area contributed by atoms with Crippen molar-refractivity contribution in [3.8, 4) is 0 Å². The smallest absolute Gasteiger partial charge is 0.0789 e. The van der Waals surface area contributed by atoms with Gasteiger partial charge in [-0.05, 0) is 38.5 Å². The Hall–Kier alpha value is -1.10. The summed E-state index contributed by atoms with van der Waals surface area (Å²) >= 11 is 0. The fourth-order valence-corrected chi connectivity index (χ4v) is 2.15. The molecule has 1 aliphatic rings. The van der Waals surface area contributed by atoms with Crippen LogP contribution in [-0.4, -0.2) is 48.0 Å². The molecule has 1 aromatic rings. The lowest BCUT2D eigenvalue weighted by Crippen LogP contribution is -2.39. The zero-order valence-corrected chi connectivity index (χ0v) is 12.7. The zero-order chi connectivity index (χ0) is 14.6. The standard InChI is InChI=1S/C16H26N2O2/c1-13(16(2,3)19)17-15-6-4-14(5-7-15)12-18-8-10-20-11-9-18/h4-7,13,17,19H,8-12H2,1-3H3. The maximum Gasteiger partial charge on any atom is 0.0789 e. The fraction of sp³-hybridized carbons (Fsp3) is 0.625. The van der Waals surface area contributed by atoms with E-state index in [9.17, 15) is 5.11 Å². The van der Waals surface area contributed by atoms with Crippen molar-refractivity contribution >= 4 is 5.69 Å². The Bertz CT molecular complexity index is 405. The van der Waals surface area contributed by atoms with Gasteiger partial charge < -0.3 is 15.2 Å². The van der Waals surface area contributed by atoms with Gasteiger partial charge in [0.05, 0.1) is 24.9 Å². The fourth-order valence-electron chi connectivity index (χ4n) is 2.15. The van der Waals surface area contributed by atoms with Gasteiger partial charge in [0.1, 0.15) is 0 Å². The van der Waals surface area contributed by atoms with E-state index in [1.807, 2.05) is 20.8 Å². The van der Waals surface area contributed by atoms with Crippen molar-refractivity contribution in [2.45, 2.75) is 39.0 Å². The third-order valence-corrected chi connectivity index (χ3v) is 3.91. The Morgan fingerprint density at radius 2 is 1.85 bits per heavy atom. The molecule has 4 nitrogen and oxygen atoms in total. The minimum Gasteiger partial charge on any atom is -0.388 e. The summed E-state index contributed by atoms with van der Waals surface area (Å²) in [4.78, 5) is 2.41. The van der Waals surface area contributed by atoms with Crippen LogP contribution < -0.4 is 5.32 Å². The minimum absolute atomic E-state index is 0.00703. The SMILES string of the molecule is CC(Nc1ccc(CN2CCOCC2)cc1)C(C)(C)O. The second-order valence-electron chi connectivity index (χ2n) is 6.11. The number of benzene rings is 1. The number of hydrogen-bond acceptors (Lipinski definition) is 4. The highest BCUT2D eigenvalue weighted by molar-refractivity contribution is 5.45. The third kappa shape index (κ3) is 4.47. The van der Waals surface area contributed by atoms with E-state index in [0.29, 0.717) is 0 Å². The van der Waals surface area contributed by atoms with E-state index in [1.54, 1.807) is 0 Å². The van der Waals surface area contributed by atoms with Crippen LogP contribution in [0.15, 0.2) is 24.3 Å². The predicted molar refractivity (Wildman–Crippen MR) is 81.9 cm³/mol. The topological polar surface area (TPSA) is 44.7 Å². The lowest BCUT2D eigenvalue weighted by Gasteiger charge is -2.28. The zero-order valence-electron chi connectivity index (χ0n) is 12.7. The summed E-state index contributed by atoms with van der Waals surface area (Å²) in [7, 11) is 0. The highest BCUT2D eigenvalue weighted by Crippen LogP contribution is 2.17. The first kappa shape index (κ1) is 15.3. The quantitative estimate of drug-likeness (QED) is 0.865. The van der Waals surface area contributed by atoms with Crippen molar-refractivity contribution in [3.63, 3.8) is 0 Å². The highest BCUT2D eigenvalue weighted by Gasteiger charge is 2.21. The lowest BCUT2D eigenvalue weighted by atomic mass is 10.0. The number of anilines is 1. The van der Waals surface area contributed by atoms with E-state index in [0.717, 1.165) is 38.5 Å². The van der Waals surface area contributed by atoms with Crippen LogP contribution in [0, 0.1) is 0 Å². The molecule has 1 saturated heterocycles. The maximum absolute atomic E-state index is 9.94. The van der Waals surface area contributed by atoms with Crippen LogP contribution in [0.2, 0.25) is 0 Å². The first-order valence-electron chi connectivity index (χ1n) is 7.33. The summed E-state index contributed by atoms with van der Waals surface area (Å²) in [5, 5.41) is 13.3. The van der Waals surface area contributed by atoms with Crippen molar-refractivity contribution in [2.75, 3.05) is 31.6 Å². The lowest BCUT2D eigenvalue weighted by molar-refractivity contribution is 0.0342. The number of morpholine rings is 1. The van der Waals surface area contributed by atoms with Gasteiger partial charge in [-0.15, -0.1) is 0 Å². The molecule has 1 aliphatic heterocycles. The van der Waals surface area contributed by atoms with Crippen LogP contribution in [0.5, 0.6) is 0 Å². The molecule has 0 aromatic heterocycles. The number of hydrogen-bond donors (Lipinski definition) is 2. The molecule has 1 unspecified atom stereocenters. The number of nitrogens with zero attached hydrogens (tertiary/aromatic N) is 1. The van der Waals surface area contributed by atoms with Gasteiger partial charge in [0.15, 0.2) is 0 Å². The van der Waals surface area contributed by atoms with Gasteiger partial charge >= 0.3 is 0 Å². The molecule has 0 radical (unpaired) electrons. The molecule has 0 spiro atoms. The van der Waals surface area contributed by atoms with Gasteiger partial charge in [0.25, 0.3) is 0 Å². The molecule has 1 atom stereocenters. The Morgan fingerprint density at radius 3 is 2.40 bits per heavy atom. The number of ether oxygens (including phenoxy) is 1. The van der Waals surface area contributed by atoms with E-state index < -0.39 is 5.60 Å². The van der Waals surface area contributed by atoms with Crippen LogP contribution in [0.3, 0.4) is 0 Å². The molecular weight excluding hydrogens is 252 g/mol. The molecule has 0 bridgehead atoms. The van der Waals surface area contributed by atoms with Crippen molar-refractivity contribution < 1.29 is 9.84 Å². The van der Waals surface area contributed by atoms with Crippen molar-refractivity contribution in [3.05, 3.63) is 29.8 Å². The Kier molecular flexibility index (Phi) is 5.02. The molecule has 1 heterocycles. The molecule has 0 amide bonds. The van der Waals surface area contributed by atoms with Crippen molar-refractivity contribution in [2.24, 2.45) is 0 Å². The van der Waals surface area contributed by atoms with Crippen LogP contribution >= 0.6 is 0 Å². The number of rotatable bonds is 5. The largest absolute Gasteiger partial charge is 0.388 e. The Balaban J connectivity index is 1.89. The van der Waals surface area contributed by atoms with Gasteiger partial charge in [-0.3, -0.25) is 4.90 Å². The van der Waals surface area contributed by atoms with Crippen molar-refractivity contribution in [1.29, 1.82) is 0 Å². The van der Waals surface area contributed by atoms with Crippen LogP contribution in [0.1, 0.15) is 26.3 Å². The van der Waals surface area contributed by atoms with Gasteiger partial charge in [0, 0.05) is 25.3 Å². The molecule has 20 heavy (non-hydrogen) atoms. The summed E-state index contributed by atoms with van der Waals surface area (Å²) in [6.45, 7) is 10.3. The Labute approximate surface area is 121 Å². The number of aliphatic hydroxyl groups is 1. The number of nitrogens with one attached hydrogen (secondary N) is 1. The first-order chi connectivity index (χ1) is 9.45. The molecule has 2 rings (SSSR count). The summed E-state index contributed by atoms with van der Waals surface area (Å²) in [5.41, 5.74) is 1.63. The Morgan fingerprint density at radius 1 is 1.25 bits per heavy atom. The molecule has 1 fully saturated rings. The summed E-state index contributed by atoms with van der Waals surface area (Å²) in [6, 6.07) is 8.47. The second-order valence-corrected chi connectivity index (χ2v) is 6.11. The molecular formula is C16H26N2O2. The molecule has 112 valence electrons. The minimum atomic E-state index is -0.730. The molecule has 0 aliphatic carbocycles. The van der Waals surface area contributed by atoms with Crippen molar-refractivity contribution in [1.82, 2.24) is 4.90 Å². The summed E-state index contributed by atoms with van der Waals surface area (Å²) in [5.74, 6) is 0. The monoisotopic (exact) mass is 278 g/mol. The summed E-state index contributed by atoms with van der Waals surface area (Å²) in [6.07, 6.45) is 0. The normalized spacial score (nSPS) is 18.8. The first-order valence-corrected chi connectivity index (χ1v) is 7.33. The van der Waals surface area contributed by atoms with E-state index in [2.05, 4.69) is 34.5 Å². The van der Waals surface area contributed by atoms with Gasteiger partial charge in [-0.1, -0.05) is 12.1 Å². The van der Waals surface area contributed by atoms with E-state index in [-0.39, 0.29) is 6.04 Å². The molecule has 4 heteroatoms. The van der Waals surface area contributed by atoms with Crippen LogP contribution in [-0.2, 0) is 11.3 Å². The van der Waals surface area contributed by atoms with Gasteiger partial charge in [-0.25, -0.2) is 0 Å². The van der Waals surface area contributed by atoms with Crippen LogP contribution in [0.25, 0.3) is 0 Å². The summed E-state index contributed by atoms with van der Waals surface area (Å²) < 4.78 is 5.36. The van der Waals surface area contributed by atoms with E-state index >= 15 is 0 Å². The average molecular weight is 278 g/mol. The second kappa shape index (κ2) is 6.57. The van der Waals surface area contributed by atoms with Gasteiger partial charge in [-0.2, -0.15) is 0 Å². The maximum atomic E-state index is 9.94. The van der Waals surface area contributed by atoms with Gasteiger partial charge in [0.2, 0.25) is 0 Å². The highest BCUT2D eigenvalue weighted by atomic mass is 16.5. The van der Waals surface area contributed by atoms with E-state index in [1.165, 1.54) is 5.56 Å². The molecule has 0 saturated carbocycles. The average Bonchev–Trinajstić information content (AvgIpc) is 2.41. The third-order valence-electron chi connectivity index (χ3n) is 3.91. The molecule has 2 N–H and O–H groups in total.